The molecule has 130 valence electrons. The molecule has 1 aliphatic rings. The highest BCUT2D eigenvalue weighted by Gasteiger charge is 2.25. The lowest BCUT2D eigenvalue weighted by Gasteiger charge is -2.33. The second kappa shape index (κ2) is 7.04. The normalized spacial score (nSPS) is 17.5. The fourth-order valence-electron chi connectivity index (χ4n) is 3.11. The van der Waals surface area contributed by atoms with E-state index in [1.165, 1.54) is 11.3 Å². The highest BCUT2D eigenvalue weighted by molar-refractivity contribution is 5.73. The molecule has 0 spiro atoms. The van der Waals surface area contributed by atoms with Gasteiger partial charge in [-0.1, -0.05) is 0 Å². The molecular weight excluding hydrogens is 306 g/mol. The Bertz CT molecular complexity index is 690. The molecule has 3 rings (SSSR count). The van der Waals surface area contributed by atoms with Gasteiger partial charge < -0.3 is 10.2 Å². The van der Waals surface area contributed by atoms with Crippen LogP contribution in [0.4, 0.5) is 4.79 Å². The number of nitrogens with zero attached hydrogens (tertiary/aromatic N) is 6. The third-order valence-electron chi connectivity index (χ3n) is 4.28. The Hall–Kier alpha value is -2.35. The molecule has 0 bridgehead atoms. The van der Waals surface area contributed by atoms with Crippen molar-refractivity contribution in [2.75, 3.05) is 27.2 Å². The zero-order valence-electron chi connectivity index (χ0n) is 14.5. The van der Waals surface area contributed by atoms with E-state index in [1.807, 2.05) is 24.1 Å². The zero-order valence-corrected chi connectivity index (χ0v) is 14.5. The monoisotopic (exact) mass is 331 g/mol. The number of fused-ring (bicyclic) bond motifs is 1. The van der Waals surface area contributed by atoms with Crippen LogP contribution < -0.4 is 5.32 Å². The van der Waals surface area contributed by atoms with E-state index in [9.17, 15) is 4.79 Å². The van der Waals surface area contributed by atoms with Crippen LogP contribution in [0.15, 0.2) is 24.7 Å². The Morgan fingerprint density at radius 3 is 2.96 bits per heavy atom. The van der Waals surface area contributed by atoms with Crippen molar-refractivity contribution in [2.45, 2.75) is 25.6 Å². The van der Waals surface area contributed by atoms with Gasteiger partial charge in [0.2, 0.25) is 0 Å². The van der Waals surface area contributed by atoms with Gasteiger partial charge in [0.15, 0.2) is 0 Å². The van der Waals surface area contributed by atoms with Crippen molar-refractivity contribution in [3.05, 3.63) is 35.9 Å². The second-order valence-corrected chi connectivity index (χ2v) is 6.53. The Morgan fingerprint density at radius 2 is 2.25 bits per heavy atom. The molecule has 0 aliphatic carbocycles. The molecule has 0 saturated carbocycles. The lowest BCUT2D eigenvalue weighted by molar-refractivity contribution is 0.160. The molecule has 0 saturated heterocycles. The van der Waals surface area contributed by atoms with Gasteiger partial charge in [-0.3, -0.25) is 14.3 Å². The molecule has 8 nitrogen and oxygen atoms in total. The fourth-order valence-corrected chi connectivity index (χ4v) is 3.11. The fraction of sp³-hybridized carbons (Fsp3) is 0.562. The summed E-state index contributed by atoms with van der Waals surface area (Å²) in [6.45, 7) is 3.32. The number of aryl methyl sites for hydroxylation is 1. The van der Waals surface area contributed by atoms with Crippen LogP contribution in [0.25, 0.3) is 0 Å². The van der Waals surface area contributed by atoms with Crippen LogP contribution in [0.3, 0.4) is 0 Å². The average molecular weight is 331 g/mol. The van der Waals surface area contributed by atoms with Crippen LogP contribution in [0.5, 0.6) is 0 Å². The molecule has 0 radical (unpaired) electrons. The standard InChI is InChI=1S/C16H25N7O/c1-20(2)16(24)17-6-4-14-11-22(10-13-8-19-21(3)9-13)12-15-5-7-18-23(14)15/h5,7-9,14H,4,6,10-12H2,1-3H3,(H,17,24)/t14-/m1/s1. The van der Waals surface area contributed by atoms with E-state index in [0.29, 0.717) is 6.54 Å². The molecule has 2 aromatic rings. The number of nitrogens with one attached hydrogen (secondary N) is 1. The summed E-state index contributed by atoms with van der Waals surface area (Å²) in [5.41, 5.74) is 2.43. The van der Waals surface area contributed by atoms with Crippen molar-refractivity contribution >= 4 is 6.03 Å². The van der Waals surface area contributed by atoms with E-state index in [2.05, 4.69) is 37.4 Å². The number of carbonyl (C=O) groups is 1. The van der Waals surface area contributed by atoms with Crippen LogP contribution in [0.1, 0.15) is 23.7 Å². The third-order valence-corrected chi connectivity index (χ3v) is 4.28. The second-order valence-electron chi connectivity index (χ2n) is 6.53. The lowest BCUT2D eigenvalue weighted by atomic mass is 10.1. The Kier molecular flexibility index (Phi) is 4.84. The highest BCUT2D eigenvalue weighted by atomic mass is 16.2. The van der Waals surface area contributed by atoms with Crippen molar-refractivity contribution in [3.63, 3.8) is 0 Å². The summed E-state index contributed by atoms with van der Waals surface area (Å²) in [7, 11) is 5.43. The maximum absolute atomic E-state index is 11.7. The van der Waals surface area contributed by atoms with Crippen LogP contribution >= 0.6 is 0 Å². The topological polar surface area (TPSA) is 71.2 Å². The van der Waals surface area contributed by atoms with E-state index in [1.54, 1.807) is 19.0 Å². The first-order valence-corrected chi connectivity index (χ1v) is 8.20. The van der Waals surface area contributed by atoms with E-state index >= 15 is 0 Å². The zero-order chi connectivity index (χ0) is 17.1. The smallest absolute Gasteiger partial charge is 0.316 e. The van der Waals surface area contributed by atoms with Gasteiger partial charge in [-0.2, -0.15) is 10.2 Å². The van der Waals surface area contributed by atoms with Gasteiger partial charge in [0.25, 0.3) is 0 Å². The first-order chi connectivity index (χ1) is 11.5. The summed E-state index contributed by atoms with van der Waals surface area (Å²) in [6, 6.07) is 2.28. The van der Waals surface area contributed by atoms with Crippen LogP contribution in [0, 0.1) is 0 Å². The molecule has 1 aliphatic heterocycles. The van der Waals surface area contributed by atoms with E-state index in [0.717, 1.165) is 26.1 Å². The van der Waals surface area contributed by atoms with Crippen LogP contribution in [0.2, 0.25) is 0 Å². The summed E-state index contributed by atoms with van der Waals surface area (Å²) < 4.78 is 3.93. The van der Waals surface area contributed by atoms with Crippen molar-refractivity contribution in [3.8, 4) is 0 Å². The summed E-state index contributed by atoms with van der Waals surface area (Å²) in [6.07, 6.45) is 6.68. The Morgan fingerprint density at radius 1 is 1.42 bits per heavy atom. The minimum Gasteiger partial charge on any atom is -0.338 e. The molecule has 0 unspecified atom stereocenters. The molecule has 0 aromatic carbocycles. The molecular formula is C16H25N7O. The summed E-state index contributed by atoms with van der Waals surface area (Å²) >= 11 is 0. The Labute approximate surface area is 142 Å². The Balaban J connectivity index is 1.62. The van der Waals surface area contributed by atoms with Gasteiger partial charge in [-0.25, -0.2) is 4.79 Å². The number of hydrogen-bond donors (Lipinski definition) is 1. The first-order valence-electron chi connectivity index (χ1n) is 8.20. The highest BCUT2D eigenvalue weighted by Crippen LogP contribution is 2.23. The molecule has 3 heterocycles. The third kappa shape index (κ3) is 3.76. The number of hydrogen-bond acceptors (Lipinski definition) is 4. The molecule has 8 heteroatoms. The minimum absolute atomic E-state index is 0.0567. The maximum atomic E-state index is 11.7. The number of carbonyl (C=O) groups excluding carboxylic acids is 1. The average Bonchev–Trinajstić information content (AvgIpc) is 3.16. The van der Waals surface area contributed by atoms with Crippen molar-refractivity contribution in [1.29, 1.82) is 0 Å². The first kappa shape index (κ1) is 16.5. The van der Waals surface area contributed by atoms with Crippen molar-refractivity contribution < 1.29 is 4.79 Å². The largest absolute Gasteiger partial charge is 0.338 e. The van der Waals surface area contributed by atoms with Gasteiger partial charge >= 0.3 is 6.03 Å². The van der Waals surface area contributed by atoms with Gasteiger partial charge in [0.1, 0.15) is 0 Å². The molecule has 1 atom stereocenters. The van der Waals surface area contributed by atoms with E-state index in [-0.39, 0.29) is 12.1 Å². The van der Waals surface area contributed by atoms with Crippen LogP contribution in [-0.2, 0) is 20.1 Å². The summed E-state index contributed by atoms with van der Waals surface area (Å²) in [4.78, 5) is 15.6. The molecule has 2 amide bonds. The number of amides is 2. The minimum atomic E-state index is -0.0567. The molecule has 1 N–H and O–H groups in total. The molecule has 0 fully saturated rings. The van der Waals surface area contributed by atoms with Gasteiger partial charge in [0.05, 0.1) is 17.9 Å². The predicted molar refractivity (Wildman–Crippen MR) is 90.3 cm³/mol. The number of urea groups is 1. The van der Waals surface area contributed by atoms with Crippen molar-refractivity contribution in [1.82, 2.24) is 34.7 Å². The number of rotatable bonds is 5. The van der Waals surface area contributed by atoms with Gasteiger partial charge in [-0.15, -0.1) is 0 Å². The molecule has 24 heavy (non-hydrogen) atoms. The summed E-state index contributed by atoms with van der Waals surface area (Å²) in [5.74, 6) is 0. The predicted octanol–water partition coefficient (Wildman–Crippen LogP) is 0.835. The quantitative estimate of drug-likeness (QED) is 0.881. The van der Waals surface area contributed by atoms with Gasteiger partial charge in [0, 0.05) is 65.3 Å². The SMILES string of the molecule is CN(C)C(=O)NCC[C@@H]1CN(Cc2cnn(C)c2)Cc2ccnn21. The summed E-state index contributed by atoms with van der Waals surface area (Å²) in [5, 5.41) is 11.6. The number of aromatic nitrogens is 4. The van der Waals surface area contributed by atoms with E-state index < -0.39 is 0 Å². The van der Waals surface area contributed by atoms with E-state index in [4.69, 9.17) is 0 Å². The van der Waals surface area contributed by atoms with Crippen LogP contribution in [-0.4, -0.2) is 62.6 Å². The maximum Gasteiger partial charge on any atom is 0.316 e. The van der Waals surface area contributed by atoms with Crippen molar-refractivity contribution in [2.24, 2.45) is 7.05 Å². The van der Waals surface area contributed by atoms with Gasteiger partial charge in [-0.05, 0) is 12.5 Å². The lowest BCUT2D eigenvalue weighted by Crippen LogP contribution is -2.40. The molecule has 2 aromatic heterocycles.